The highest BCUT2D eigenvalue weighted by atomic mass is 35.5. The van der Waals surface area contributed by atoms with Crippen LogP contribution in [0.1, 0.15) is 6.42 Å². The second kappa shape index (κ2) is 2.43. The van der Waals surface area contributed by atoms with E-state index in [1.54, 1.807) is 0 Å². The van der Waals surface area contributed by atoms with Crippen LogP contribution in [-0.4, -0.2) is 24.9 Å². The second-order valence-electron chi connectivity index (χ2n) is 2.50. The molecule has 3 nitrogen and oxygen atoms in total. The van der Waals surface area contributed by atoms with E-state index < -0.39 is 11.8 Å². The average molecular weight is 166 g/mol. The van der Waals surface area contributed by atoms with E-state index in [1.165, 1.54) is 0 Å². The first-order chi connectivity index (χ1) is 4.33. The third-order valence-electron chi connectivity index (χ3n) is 1.85. The number of hydrogen-bond acceptors (Lipinski definition) is 3. The third-order valence-corrected chi connectivity index (χ3v) is 1.85. The van der Waals surface area contributed by atoms with Gasteiger partial charge in [0.2, 0.25) is 5.66 Å². The van der Waals surface area contributed by atoms with Crippen LogP contribution in [0.25, 0.3) is 0 Å². The number of alkyl halides is 1. The highest BCUT2D eigenvalue weighted by molar-refractivity contribution is 5.85. The van der Waals surface area contributed by atoms with E-state index >= 15 is 0 Å². The Morgan fingerprint density at radius 3 is 2.60 bits per heavy atom. The van der Waals surface area contributed by atoms with Crippen molar-refractivity contribution in [2.75, 3.05) is 13.1 Å². The lowest BCUT2D eigenvalue weighted by Gasteiger charge is -2.21. The molecule has 2 aliphatic rings. The lowest BCUT2D eigenvalue weighted by molar-refractivity contribution is 0.203. The average Bonchev–Trinajstić information content (AvgIpc) is 2.60. The number of halogens is 2. The SMILES string of the molecule is Cl.FC1CNCCC12N=N2. The summed E-state index contributed by atoms with van der Waals surface area (Å²) in [5.74, 6) is 0. The van der Waals surface area contributed by atoms with Crippen LogP contribution in [0, 0.1) is 0 Å². The van der Waals surface area contributed by atoms with E-state index in [1.807, 2.05) is 0 Å². The van der Waals surface area contributed by atoms with Gasteiger partial charge in [-0.1, -0.05) is 0 Å². The Morgan fingerprint density at radius 1 is 1.50 bits per heavy atom. The normalized spacial score (nSPS) is 33.5. The van der Waals surface area contributed by atoms with Gasteiger partial charge in [-0.3, -0.25) is 0 Å². The monoisotopic (exact) mass is 165 g/mol. The molecule has 0 aliphatic carbocycles. The zero-order chi connectivity index (χ0) is 6.32. The van der Waals surface area contributed by atoms with Gasteiger partial charge >= 0.3 is 0 Å². The number of hydrogen-bond donors (Lipinski definition) is 1. The van der Waals surface area contributed by atoms with Gasteiger partial charge in [-0.15, -0.1) is 12.4 Å². The smallest absolute Gasteiger partial charge is 0.224 e. The molecule has 0 aromatic heterocycles. The first-order valence-electron chi connectivity index (χ1n) is 3.12. The van der Waals surface area contributed by atoms with E-state index in [0.29, 0.717) is 6.54 Å². The summed E-state index contributed by atoms with van der Waals surface area (Å²) in [6.07, 6.45) is -0.153. The van der Waals surface area contributed by atoms with Crippen LogP contribution >= 0.6 is 12.4 Å². The lowest BCUT2D eigenvalue weighted by atomic mass is 10.0. The van der Waals surface area contributed by atoms with Crippen LogP contribution in [0.5, 0.6) is 0 Å². The van der Waals surface area contributed by atoms with Gasteiger partial charge in [0.1, 0.15) is 0 Å². The van der Waals surface area contributed by atoms with Crippen molar-refractivity contribution in [3.05, 3.63) is 0 Å². The van der Waals surface area contributed by atoms with Gasteiger partial charge in [0.05, 0.1) is 0 Å². The highest BCUT2D eigenvalue weighted by Crippen LogP contribution is 2.38. The molecular formula is C5H9ClFN3. The summed E-state index contributed by atoms with van der Waals surface area (Å²) in [6, 6.07) is 0. The van der Waals surface area contributed by atoms with Gasteiger partial charge in [-0.25, -0.2) is 4.39 Å². The van der Waals surface area contributed by atoms with E-state index in [9.17, 15) is 4.39 Å². The van der Waals surface area contributed by atoms with Crippen LogP contribution in [0.2, 0.25) is 0 Å². The predicted octanol–water partition coefficient (Wildman–Crippen LogP) is 0.902. The number of rotatable bonds is 0. The van der Waals surface area contributed by atoms with Crippen LogP contribution in [0.4, 0.5) is 4.39 Å². The zero-order valence-electron chi connectivity index (χ0n) is 5.38. The third kappa shape index (κ3) is 1.01. The molecule has 1 spiro atoms. The van der Waals surface area contributed by atoms with Crippen LogP contribution < -0.4 is 5.32 Å². The summed E-state index contributed by atoms with van der Waals surface area (Å²) in [7, 11) is 0. The largest absolute Gasteiger partial charge is 0.313 e. The summed E-state index contributed by atoms with van der Waals surface area (Å²) in [4.78, 5) is 0. The van der Waals surface area contributed by atoms with E-state index in [4.69, 9.17) is 0 Å². The Labute approximate surface area is 64.5 Å². The molecule has 2 heterocycles. The van der Waals surface area contributed by atoms with Gasteiger partial charge in [0.15, 0.2) is 6.17 Å². The molecular weight excluding hydrogens is 157 g/mol. The summed E-state index contributed by atoms with van der Waals surface area (Å²) >= 11 is 0. The van der Waals surface area contributed by atoms with Crippen molar-refractivity contribution >= 4 is 12.4 Å². The van der Waals surface area contributed by atoms with Gasteiger partial charge in [-0.05, 0) is 6.54 Å². The number of nitrogens with one attached hydrogen (secondary N) is 1. The molecule has 0 bridgehead atoms. The molecule has 2 rings (SSSR count). The topological polar surface area (TPSA) is 36.8 Å². The minimum absolute atomic E-state index is 0. The van der Waals surface area contributed by atoms with Gasteiger partial charge in [-0.2, -0.15) is 10.2 Å². The standard InChI is InChI=1S/C5H8FN3.ClH/c6-4-3-7-2-1-5(4)8-9-5;/h4,7H,1-3H2;1H. The maximum absolute atomic E-state index is 12.8. The van der Waals surface area contributed by atoms with Crippen LogP contribution in [-0.2, 0) is 0 Å². The molecule has 0 aromatic carbocycles. The Morgan fingerprint density at radius 2 is 2.20 bits per heavy atom. The molecule has 10 heavy (non-hydrogen) atoms. The number of piperidine rings is 1. The van der Waals surface area contributed by atoms with E-state index in [-0.39, 0.29) is 12.4 Å². The van der Waals surface area contributed by atoms with Crippen molar-refractivity contribution < 1.29 is 4.39 Å². The molecule has 1 unspecified atom stereocenters. The fraction of sp³-hybridized carbons (Fsp3) is 1.00. The van der Waals surface area contributed by atoms with Gasteiger partial charge in [0.25, 0.3) is 0 Å². The zero-order valence-corrected chi connectivity index (χ0v) is 6.20. The van der Waals surface area contributed by atoms with Crippen LogP contribution in [0.3, 0.4) is 0 Å². The van der Waals surface area contributed by atoms with Gasteiger partial charge < -0.3 is 5.32 Å². The highest BCUT2D eigenvalue weighted by Gasteiger charge is 2.50. The van der Waals surface area contributed by atoms with Crippen molar-refractivity contribution in [1.29, 1.82) is 0 Å². The molecule has 0 aromatic rings. The van der Waals surface area contributed by atoms with Crippen molar-refractivity contribution in [3.63, 3.8) is 0 Å². The van der Waals surface area contributed by atoms with Gasteiger partial charge in [0, 0.05) is 13.0 Å². The van der Waals surface area contributed by atoms with Crippen molar-refractivity contribution in [2.24, 2.45) is 10.2 Å². The summed E-state index contributed by atoms with van der Waals surface area (Å²) in [6.45, 7) is 1.25. The Hall–Kier alpha value is -0.220. The van der Waals surface area contributed by atoms with Crippen molar-refractivity contribution in [3.8, 4) is 0 Å². The number of nitrogens with zero attached hydrogens (tertiary/aromatic N) is 2. The molecule has 1 saturated heterocycles. The molecule has 2 aliphatic heterocycles. The Kier molecular flexibility index (Phi) is 1.92. The maximum atomic E-state index is 12.8. The second-order valence-corrected chi connectivity index (χ2v) is 2.50. The Balaban J connectivity index is 0.000000500. The van der Waals surface area contributed by atoms with Crippen LogP contribution in [0.15, 0.2) is 10.2 Å². The molecule has 0 amide bonds. The quantitative estimate of drug-likeness (QED) is 0.569. The minimum atomic E-state index is -0.883. The first-order valence-corrected chi connectivity index (χ1v) is 3.12. The molecule has 5 heteroatoms. The van der Waals surface area contributed by atoms with E-state index in [0.717, 1.165) is 13.0 Å². The molecule has 58 valence electrons. The fourth-order valence-electron chi connectivity index (χ4n) is 1.11. The fourth-order valence-corrected chi connectivity index (χ4v) is 1.11. The summed E-state index contributed by atoms with van der Waals surface area (Å²) in [5.41, 5.74) is -0.592. The summed E-state index contributed by atoms with van der Waals surface area (Å²) in [5, 5.41) is 10.3. The lowest BCUT2D eigenvalue weighted by Crippen LogP contribution is -2.43. The molecule has 0 radical (unpaired) electrons. The molecule has 1 atom stereocenters. The Bertz CT molecular complexity index is 155. The maximum Gasteiger partial charge on any atom is 0.224 e. The van der Waals surface area contributed by atoms with Crippen molar-refractivity contribution in [1.82, 2.24) is 5.32 Å². The molecule has 1 fully saturated rings. The van der Waals surface area contributed by atoms with E-state index in [2.05, 4.69) is 15.5 Å². The van der Waals surface area contributed by atoms with Crippen molar-refractivity contribution in [2.45, 2.75) is 18.3 Å². The summed E-state index contributed by atoms with van der Waals surface area (Å²) < 4.78 is 12.8. The molecule has 0 saturated carbocycles. The first kappa shape index (κ1) is 7.88. The minimum Gasteiger partial charge on any atom is -0.313 e. The molecule has 1 N–H and O–H groups in total. The predicted molar refractivity (Wildman–Crippen MR) is 37.2 cm³/mol.